The highest BCUT2D eigenvalue weighted by atomic mass is 32.1. The lowest BCUT2D eigenvalue weighted by molar-refractivity contribution is 0.397. The molecule has 3 aromatic carbocycles. The molecule has 0 saturated heterocycles. The van der Waals surface area contributed by atoms with Gasteiger partial charge in [-0.15, -0.1) is 45.3 Å². The SMILES string of the molecule is CCCCCCCCC1(CCCCCCCC)c2cc(C)ccc2-c2ccc(-c3cc4c(s3)-c3sc(-c5ccc(-c6cc7c(s6)-c6sc(C)cc6C7(CCCCCCCC)CCCCCCCC)c6nsnc56)cc3C4(CCCCCCCC)CCCCCCCC)cc21. The summed E-state index contributed by atoms with van der Waals surface area (Å²) in [5.41, 5.74) is 20.6. The van der Waals surface area contributed by atoms with Gasteiger partial charge in [-0.25, -0.2) is 0 Å². The molecule has 0 N–H and O–H groups in total. The molecule has 94 heavy (non-hydrogen) atoms. The van der Waals surface area contributed by atoms with Crippen molar-refractivity contribution in [2.45, 2.75) is 341 Å². The summed E-state index contributed by atoms with van der Waals surface area (Å²) in [5, 5.41) is 0. The number of unbranched alkanes of at least 4 members (excludes halogenated alkanes) is 30. The fraction of sp³-hybridized carbons (Fsp3) is 0.609. The van der Waals surface area contributed by atoms with Crippen LogP contribution in [0.4, 0.5) is 0 Å². The molecular weight excluding hydrogens is 1230 g/mol. The van der Waals surface area contributed by atoms with Crippen LogP contribution in [0, 0.1) is 13.8 Å². The summed E-state index contributed by atoms with van der Waals surface area (Å²) in [5.74, 6) is 0. The second kappa shape index (κ2) is 34.9. The smallest absolute Gasteiger partial charge is 0.114 e. The fourth-order valence-corrected chi connectivity index (χ4v) is 23.6. The van der Waals surface area contributed by atoms with Crippen LogP contribution in [0.3, 0.4) is 0 Å². The molecule has 0 amide bonds. The van der Waals surface area contributed by atoms with Crippen molar-refractivity contribution in [1.29, 1.82) is 0 Å². The molecule has 8 aromatic rings. The normalized spacial score (nSPS) is 14.5. The van der Waals surface area contributed by atoms with E-state index in [4.69, 9.17) is 8.75 Å². The highest BCUT2D eigenvalue weighted by Gasteiger charge is 2.48. The maximum atomic E-state index is 5.31. The van der Waals surface area contributed by atoms with Crippen LogP contribution >= 0.6 is 57.1 Å². The summed E-state index contributed by atoms with van der Waals surface area (Å²) in [4.78, 5) is 11.9. The van der Waals surface area contributed by atoms with Gasteiger partial charge in [0.2, 0.25) is 0 Å². The van der Waals surface area contributed by atoms with Gasteiger partial charge in [-0.1, -0.05) is 321 Å². The number of hydrogen-bond acceptors (Lipinski definition) is 7. The minimum absolute atomic E-state index is 0.000897. The molecule has 0 spiro atoms. The Kier molecular flexibility index (Phi) is 26.5. The molecule has 508 valence electrons. The predicted molar refractivity (Wildman–Crippen MR) is 421 cm³/mol. The molecular formula is C87H120N2S5. The predicted octanol–water partition coefficient (Wildman–Crippen LogP) is 30.9. The molecule has 0 fully saturated rings. The molecule has 0 aliphatic heterocycles. The second-order valence-corrected chi connectivity index (χ2v) is 34.9. The summed E-state index contributed by atoms with van der Waals surface area (Å²) in [7, 11) is 0. The van der Waals surface area contributed by atoms with Crippen LogP contribution in [0.15, 0.2) is 72.8 Å². The van der Waals surface area contributed by atoms with Crippen molar-refractivity contribution in [2.75, 3.05) is 0 Å². The van der Waals surface area contributed by atoms with E-state index >= 15 is 0 Å². The summed E-state index contributed by atoms with van der Waals surface area (Å²) >= 11 is 9.76. The number of benzene rings is 3. The van der Waals surface area contributed by atoms with Gasteiger partial charge in [0.25, 0.3) is 0 Å². The largest absolute Gasteiger partial charge is 0.172 e. The maximum absolute atomic E-state index is 5.31. The lowest BCUT2D eigenvalue weighted by Crippen LogP contribution is -2.25. The van der Waals surface area contributed by atoms with Gasteiger partial charge >= 0.3 is 0 Å². The molecule has 2 nitrogen and oxygen atoms in total. The van der Waals surface area contributed by atoms with Crippen molar-refractivity contribution < 1.29 is 0 Å². The minimum atomic E-state index is 0.000897. The van der Waals surface area contributed by atoms with Gasteiger partial charge < -0.3 is 0 Å². The molecule has 11 rings (SSSR count). The summed E-state index contributed by atoms with van der Waals surface area (Å²) in [6, 6.07) is 31.1. The van der Waals surface area contributed by atoms with E-state index in [0.717, 1.165) is 11.0 Å². The van der Waals surface area contributed by atoms with Gasteiger partial charge in [-0.2, -0.15) is 8.75 Å². The van der Waals surface area contributed by atoms with E-state index in [-0.39, 0.29) is 16.2 Å². The third-order valence-electron chi connectivity index (χ3n) is 23.0. The first kappa shape index (κ1) is 71.6. The maximum Gasteiger partial charge on any atom is 0.114 e. The van der Waals surface area contributed by atoms with E-state index < -0.39 is 0 Å². The summed E-state index contributed by atoms with van der Waals surface area (Å²) < 4.78 is 10.6. The van der Waals surface area contributed by atoms with E-state index in [0.29, 0.717) is 0 Å². The van der Waals surface area contributed by atoms with Crippen molar-refractivity contribution in [3.63, 3.8) is 0 Å². The number of hydrogen-bond donors (Lipinski definition) is 0. The van der Waals surface area contributed by atoms with Gasteiger partial charge in [-0.3, -0.25) is 0 Å². The minimum Gasteiger partial charge on any atom is -0.172 e. The van der Waals surface area contributed by atoms with Gasteiger partial charge in [0.05, 0.1) is 11.7 Å². The Morgan fingerprint density at radius 3 is 0.968 bits per heavy atom. The zero-order valence-corrected chi connectivity index (χ0v) is 64.1. The fourth-order valence-electron chi connectivity index (χ4n) is 17.7. The quantitative estimate of drug-likeness (QED) is 0.0356. The average molecular weight is 1350 g/mol. The standard InChI is InChI=1S/C87H120N2S5/c1-9-15-21-27-33-39-51-85(52-40-34-28-22-16-10-2)70-57-63(7)45-47-66(70)67-48-46-65(59-71(67)85)76-60-73-83(91-76)84-75(87(73,55-43-37-31-25-19-13-5)56-44-38-32-26-20-14-6)62-78(93-84)69-50-49-68(79-80(69)89-94-88-79)77-61-74-82(92-77)81-72(58-64(8)90-81)86(74,53-41-35-29-23-17-11-3)54-42-36-30-24-18-12-4/h45-50,57-62H,9-44,51-56H2,1-8H3. The molecule has 5 heterocycles. The highest BCUT2D eigenvalue weighted by molar-refractivity contribution is 7.26. The Bertz CT molecular complexity index is 3600. The Morgan fingerprint density at radius 2 is 0.574 bits per heavy atom. The lowest BCUT2D eigenvalue weighted by atomic mass is 9.70. The first-order chi connectivity index (χ1) is 46.2. The molecule has 7 heteroatoms. The zero-order chi connectivity index (χ0) is 65.3. The number of rotatable bonds is 45. The molecule has 0 atom stereocenters. The number of nitrogens with zero attached hydrogens (tertiary/aromatic N) is 2. The van der Waals surface area contributed by atoms with E-state index in [1.807, 2.05) is 0 Å². The van der Waals surface area contributed by atoms with Crippen LogP contribution in [-0.2, 0) is 16.2 Å². The third-order valence-corrected chi connectivity index (χ3v) is 28.4. The topological polar surface area (TPSA) is 25.8 Å². The van der Waals surface area contributed by atoms with E-state index in [2.05, 4.69) is 174 Å². The molecule has 0 radical (unpaired) electrons. The van der Waals surface area contributed by atoms with E-state index in [1.54, 1.807) is 52.9 Å². The Morgan fingerprint density at radius 1 is 0.277 bits per heavy atom. The average Bonchev–Trinajstić information content (AvgIpc) is 1.48. The first-order valence-electron chi connectivity index (χ1n) is 39.3. The number of aryl methyl sites for hydroxylation is 2. The molecule has 3 aliphatic carbocycles. The number of aromatic nitrogens is 2. The summed E-state index contributed by atoms with van der Waals surface area (Å²) in [6.07, 6.45) is 55.7. The van der Waals surface area contributed by atoms with E-state index in [9.17, 15) is 0 Å². The van der Waals surface area contributed by atoms with Crippen LogP contribution in [0.1, 0.15) is 355 Å². The summed E-state index contributed by atoms with van der Waals surface area (Å²) in [6.45, 7) is 18.8. The van der Waals surface area contributed by atoms with Crippen LogP contribution in [0.2, 0.25) is 0 Å². The van der Waals surface area contributed by atoms with Gasteiger partial charge in [0.1, 0.15) is 11.0 Å². The van der Waals surface area contributed by atoms with Gasteiger partial charge in [-0.05, 0) is 133 Å². The molecule has 5 aromatic heterocycles. The van der Waals surface area contributed by atoms with Crippen molar-refractivity contribution in [1.82, 2.24) is 8.75 Å². The Balaban J connectivity index is 0.978. The molecule has 0 saturated carbocycles. The number of thiophene rings is 4. The molecule has 3 aliphatic rings. The van der Waals surface area contributed by atoms with Crippen LogP contribution in [-0.4, -0.2) is 8.75 Å². The second-order valence-electron chi connectivity index (χ2n) is 29.9. The first-order valence-corrected chi connectivity index (χ1v) is 43.3. The molecule has 0 unspecified atom stereocenters. The van der Waals surface area contributed by atoms with Crippen molar-refractivity contribution in [3.8, 4) is 62.0 Å². The molecule has 0 bridgehead atoms. The lowest BCUT2D eigenvalue weighted by Gasteiger charge is -2.33. The monoisotopic (exact) mass is 1350 g/mol. The van der Waals surface area contributed by atoms with Crippen LogP contribution in [0.25, 0.3) is 73.0 Å². The van der Waals surface area contributed by atoms with Crippen molar-refractivity contribution >= 4 is 68.1 Å². The van der Waals surface area contributed by atoms with Crippen LogP contribution in [0.5, 0.6) is 0 Å². The third kappa shape index (κ3) is 15.7. The van der Waals surface area contributed by atoms with Crippen molar-refractivity contribution in [2.24, 2.45) is 0 Å². The van der Waals surface area contributed by atoms with Gasteiger partial charge in [0.15, 0.2) is 0 Å². The van der Waals surface area contributed by atoms with E-state index in [1.165, 1.54) is 334 Å². The number of fused-ring (bicyclic) bond motifs is 10. The highest BCUT2D eigenvalue weighted by Crippen LogP contribution is 2.64. The Labute approximate surface area is 592 Å². The van der Waals surface area contributed by atoms with Gasteiger partial charge in [0, 0.05) is 66.4 Å². The van der Waals surface area contributed by atoms with Crippen molar-refractivity contribution in [3.05, 3.63) is 117 Å². The zero-order valence-electron chi connectivity index (χ0n) is 60.1. The van der Waals surface area contributed by atoms with Crippen LogP contribution < -0.4 is 0 Å². The Hall–Kier alpha value is -3.72.